The van der Waals surface area contributed by atoms with E-state index in [0.29, 0.717) is 10.0 Å². The Hall–Kier alpha value is -1.31. The van der Waals surface area contributed by atoms with Crippen molar-refractivity contribution in [3.8, 4) is 0 Å². The molecule has 0 N–H and O–H groups in total. The molecule has 0 radical (unpaired) electrons. The van der Waals surface area contributed by atoms with Gasteiger partial charge in [-0.15, -0.1) is 0 Å². The van der Waals surface area contributed by atoms with E-state index in [9.17, 15) is 0 Å². The van der Waals surface area contributed by atoms with Crippen LogP contribution in [0.15, 0.2) is 48.8 Å². The fourth-order valence-electron chi connectivity index (χ4n) is 2.32. The lowest BCUT2D eigenvalue weighted by Crippen LogP contribution is -1.99. The highest BCUT2D eigenvalue weighted by Gasteiger charge is 2.16. The van der Waals surface area contributed by atoms with Gasteiger partial charge in [0.25, 0.3) is 0 Å². The molecular formula is C17H17Cl2N. The van der Waals surface area contributed by atoms with Gasteiger partial charge in [0.2, 0.25) is 0 Å². The summed E-state index contributed by atoms with van der Waals surface area (Å²) in [7, 11) is 0. The topological polar surface area (TPSA) is 12.9 Å². The van der Waals surface area contributed by atoms with Crippen molar-refractivity contribution in [2.45, 2.75) is 26.2 Å². The molecule has 0 spiro atoms. The molecule has 104 valence electrons. The van der Waals surface area contributed by atoms with Crippen LogP contribution in [0.4, 0.5) is 0 Å². The summed E-state index contributed by atoms with van der Waals surface area (Å²) in [6, 6.07) is 9.70. The van der Waals surface area contributed by atoms with E-state index in [2.05, 4.69) is 31.0 Å². The van der Waals surface area contributed by atoms with E-state index in [0.717, 1.165) is 17.5 Å². The van der Waals surface area contributed by atoms with E-state index >= 15 is 0 Å². The van der Waals surface area contributed by atoms with Gasteiger partial charge in [-0.3, -0.25) is 4.98 Å². The van der Waals surface area contributed by atoms with Crippen LogP contribution in [0.25, 0.3) is 5.57 Å². The maximum atomic E-state index is 6.33. The Kier molecular flexibility index (Phi) is 5.22. The van der Waals surface area contributed by atoms with Gasteiger partial charge in [-0.1, -0.05) is 55.3 Å². The van der Waals surface area contributed by atoms with Crippen LogP contribution in [0.3, 0.4) is 0 Å². The van der Waals surface area contributed by atoms with Gasteiger partial charge in [0, 0.05) is 28.4 Å². The molecule has 3 heteroatoms. The third-order valence-electron chi connectivity index (χ3n) is 3.31. The van der Waals surface area contributed by atoms with E-state index in [-0.39, 0.29) is 5.92 Å². The largest absolute Gasteiger partial charge is 0.264 e. The van der Waals surface area contributed by atoms with Gasteiger partial charge < -0.3 is 0 Å². The van der Waals surface area contributed by atoms with Crippen molar-refractivity contribution in [1.82, 2.24) is 4.98 Å². The molecule has 1 unspecified atom stereocenters. The molecule has 2 aromatic rings. The number of aromatic nitrogens is 1. The van der Waals surface area contributed by atoms with Gasteiger partial charge in [0.05, 0.1) is 0 Å². The van der Waals surface area contributed by atoms with Crippen LogP contribution in [-0.4, -0.2) is 4.98 Å². The van der Waals surface area contributed by atoms with Crippen molar-refractivity contribution in [2.24, 2.45) is 0 Å². The van der Waals surface area contributed by atoms with Crippen molar-refractivity contribution in [1.29, 1.82) is 0 Å². The van der Waals surface area contributed by atoms with Crippen LogP contribution < -0.4 is 0 Å². The first-order valence-electron chi connectivity index (χ1n) is 6.69. The highest BCUT2D eigenvalue weighted by molar-refractivity contribution is 6.35. The van der Waals surface area contributed by atoms with Crippen LogP contribution in [0.2, 0.25) is 10.0 Å². The highest BCUT2D eigenvalue weighted by atomic mass is 35.5. The number of pyridine rings is 1. The summed E-state index contributed by atoms with van der Waals surface area (Å²) >= 11 is 12.3. The van der Waals surface area contributed by atoms with Gasteiger partial charge >= 0.3 is 0 Å². The molecule has 0 bridgehead atoms. The fourth-order valence-corrected chi connectivity index (χ4v) is 2.89. The SMILES string of the molecule is CC/C=C(\c1cccnc1)C(C)c1ccc(Cl)cc1Cl. The lowest BCUT2D eigenvalue weighted by molar-refractivity contribution is 0.977. The normalized spacial score (nSPS) is 13.3. The van der Waals surface area contributed by atoms with Crippen molar-refractivity contribution in [3.63, 3.8) is 0 Å². The lowest BCUT2D eigenvalue weighted by Gasteiger charge is -2.18. The number of hydrogen-bond acceptors (Lipinski definition) is 1. The minimum absolute atomic E-state index is 0.198. The number of halogens is 2. The van der Waals surface area contributed by atoms with E-state index < -0.39 is 0 Å². The van der Waals surface area contributed by atoms with Crippen molar-refractivity contribution in [3.05, 3.63) is 70.0 Å². The second-order valence-electron chi connectivity index (χ2n) is 4.70. The molecule has 2 rings (SSSR count). The van der Waals surface area contributed by atoms with Gasteiger partial charge in [0.15, 0.2) is 0 Å². The molecule has 1 aromatic carbocycles. The zero-order chi connectivity index (χ0) is 14.5. The average Bonchev–Trinajstić information content (AvgIpc) is 2.45. The number of benzene rings is 1. The summed E-state index contributed by atoms with van der Waals surface area (Å²) in [6.07, 6.45) is 6.88. The Morgan fingerprint density at radius 1 is 1.30 bits per heavy atom. The summed E-state index contributed by atoms with van der Waals surface area (Å²) in [5, 5.41) is 1.37. The van der Waals surface area contributed by atoms with Crippen molar-refractivity contribution in [2.75, 3.05) is 0 Å². The second-order valence-corrected chi connectivity index (χ2v) is 5.54. The van der Waals surface area contributed by atoms with Crippen LogP contribution >= 0.6 is 23.2 Å². The van der Waals surface area contributed by atoms with Gasteiger partial charge in [-0.05, 0) is 41.3 Å². The quantitative estimate of drug-likeness (QED) is 0.676. The summed E-state index contributed by atoms with van der Waals surface area (Å²) in [4.78, 5) is 4.21. The number of rotatable bonds is 4. The number of nitrogens with zero attached hydrogens (tertiary/aromatic N) is 1. The lowest BCUT2D eigenvalue weighted by atomic mass is 9.88. The number of allylic oxidation sites excluding steroid dienone is 2. The first kappa shape index (κ1) is 15.1. The van der Waals surface area contributed by atoms with Crippen LogP contribution in [0.5, 0.6) is 0 Å². The maximum absolute atomic E-state index is 6.33. The highest BCUT2D eigenvalue weighted by Crippen LogP contribution is 2.36. The fraction of sp³-hybridized carbons (Fsp3) is 0.235. The van der Waals surface area contributed by atoms with E-state index in [4.69, 9.17) is 23.2 Å². The predicted molar refractivity (Wildman–Crippen MR) is 87.4 cm³/mol. The van der Waals surface area contributed by atoms with Crippen molar-refractivity contribution < 1.29 is 0 Å². The minimum Gasteiger partial charge on any atom is -0.264 e. The van der Waals surface area contributed by atoms with Crippen LogP contribution in [0, 0.1) is 0 Å². The van der Waals surface area contributed by atoms with Gasteiger partial charge in [-0.25, -0.2) is 0 Å². The average molecular weight is 306 g/mol. The Labute approximate surface area is 130 Å². The minimum atomic E-state index is 0.198. The molecule has 0 saturated carbocycles. The first-order valence-corrected chi connectivity index (χ1v) is 7.44. The first-order chi connectivity index (χ1) is 9.63. The van der Waals surface area contributed by atoms with Gasteiger partial charge in [0.1, 0.15) is 0 Å². The van der Waals surface area contributed by atoms with E-state index in [1.165, 1.54) is 5.57 Å². The van der Waals surface area contributed by atoms with Gasteiger partial charge in [-0.2, -0.15) is 0 Å². The van der Waals surface area contributed by atoms with Crippen molar-refractivity contribution >= 4 is 28.8 Å². The summed E-state index contributed by atoms with van der Waals surface area (Å²) < 4.78 is 0. The maximum Gasteiger partial charge on any atom is 0.0458 e. The molecule has 0 fully saturated rings. The molecule has 1 atom stereocenters. The Morgan fingerprint density at radius 2 is 2.10 bits per heavy atom. The Bertz CT molecular complexity index is 606. The standard InChI is InChI=1S/C17H17Cl2N/c1-3-5-15(13-6-4-9-20-11-13)12(2)16-8-7-14(18)10-17(16)19/h4-12H,3H2,1-2H3/b15-5-. The zero-order valence-electron chi connectivity index (χ0n) is 11.6. The zero-order valence-corrected chi connectivity index (χ0v) is 13.1. The Balaban J connectivity index is 2.42. The van der Waals surface area contributed by atoms with Crippen LogP contribution in [-0.2, 0) is 0 Å². The molecule has 1 aromatic heterocycles. The summed E-state index contributed by atoms with van der Waals surface area (Å²) in [5.74, 6) is 0.198. The molecule has 0 aliphatic heterocycles. The third-order valence-corrected chi connectivity index (χ3v) is 3.88. The molecule has 0 amide bonds. The molecule has 1 nitrogen and oxygen atoms in total. The smallest absolute Gasteiger partial charge is 0.0458 e. The second kappa shape index (κ2) is 6.92. The van der Waals surface area contributed by atoms with E-state index in [1.807, 2.05) is 24.4 Å². The third kappa shape index (κ3) is 3.41. The molecular weight excluding hydrogens is 289 g/mol. The monoisotopic (exact) mass is 305 g/mol. The van der Waals surface area contributed by atoms with E-state index in [1.54, 1.807) is 12.3 Å². The Morgan fingerprint density at radius 3 is 2.70 bits per heavy atom. The molecule has 0 aliphatic rings. The summed E-state index contributed by atoms with van der Waals surface area (Å²) in [6.45, 7) is 4.29. The molecule has 0 saturated heterocycles. The van der Waals surface area contributed by atoms with Crippen LogP contribution in [0.1, 0.15) is 37.3 Å². The molecule has 0 aliphatic carbocycles. The molecule has 20 heavy (non-hydrogen) atoms. The summed E-state index contributed by atoms with van der Waals surface area (Å²) in [5.41, 5.74) is 3.46. The predicted octanol–water partition coefficient (Wildman–Crippen LogP) is 5.99. The number of hydrogen-bond donors (Lipinski definition) is 0. The molecule has 1 heterocycles.